The lowest BCUT2D eigenvalue weighted by Gasteiger charge is -2.13. The SMILES string of the molecule is CCCn1cc(-c2cc3ncn(C)c(=O)c3c(NC(C)C)n2)cn1. The molecule has 0 aromatic carbocycles. The molecule has 7 nitrogen and oxygen atoms in total. The lowest BCUT2D eigenvalue weighted by atomic mass is 10.2. The van der Waals surface area contributed by atoms with E-state index in [1.165, 1.54) is 10.9 Å². The van der Waals surface area contributed by atoms with Gasteiger partial charge >= 0.3 is 0 Å². The number of aromatic nitrogens is 5. The highest BCUT2D eigenvalue weighted by Crippen LogP contribution is 2.25. The van der Waals surface area contributed by atoms with Crippen LogP contribution in [0, 0.1) is 0 Å². The van der Waals surface area contributed by atoms with Gasteiger partial charge in [0.25, 0.3) is 5.56 Å². The molecule has 126 valence electrons. The van der Waals surface area contributed by atoms with Gasteiger partial charge in [0.15, 0.2) is 0 Å². The molecule has 0 fully saturated rings. The van der Waals surface area contributed by atoms with Crippen molar-refractivity contribution in [1.29, 1.82) is 0 Å². The molecule has 0 spiro atoms. The number of pyridine rings is 1. The molecule has 3 rings (SSSR count). The highest BCUT2D eigenvalue weighted by molar-refractivity contribution is 5.91. The van der Waals surface area contributed by atoms with Crippen molar-refractivity contribution in [2.45, 2.75) is 39.8 Å². The summed E-state index contributed by atoms with van der Waals surface area (Å²) >= 11 is 0. The maximum atomic E-state index is 12.5. The number of aryl methyl sites for hydroxylation is 2. The van der Waals surface area contributed by atoms with Gasteiger partial charge in [-0.05, 0) is 26.3 Å². The Morgan fingerprint density at radius 3 is 2.83 bits per heavy atom. The van der Waals surface area contributed by atoms with E-state index in [9.17, 15) is 4.79 Å². The maximum absolute atomic E-state index is 12.5. The smallest absolute Gasteiger partial charge is 0.264 e. The fourth-order valence-corrected chi connectivity index (χ4v) is 2.59. The zero-order valence-corrected chi connectivity index (χ0v) is 14.4. The number of nitrogens with one attached hydrogen (secondary N) is 1. The highest BCUT2D eigenvalue weighted by Gasteiger charge is 2.14. The van der Waals surface area contributed by atoms with Crippen LogP contribution in [0.1, 0.15) is 27.2 Å². The van der Waals surface area contributed by atoms with Crippen molar-refractivity contribution in [2.24, 2.45) is 7.05 Å². The van der Waals surface area contributed by atoms with Gasteiger partial charge in [0.2, 0.25) is 0 Å². The summed E-state index contributed by atoms with van der Waals surface area (Å²) in [4.78, 5) is 21.6. The topological polar surface area (TPSA) is 77.6 Å². The molecule has 0 saturated heterocycles. The fourth-order valence-electron chi connectivity index (χ4n) is 2.59. The van der Waals surface area contributed by atoms with E-state index in [0.29, 0.717) is 16.7 Å². The summed E-state index contributed by atoms with van der Waals surface area (Å²) in [5.74, 6) is 0.564. The van der Waals surface area contributed by atoms with Crippen molar-refractivity contribution in [3.8, 4) is 11.3 Å². The number of nitrogens with zero attached hydrogens (tertiary/aromatic N) is 5. The van der Waals surface area contributed by atoms with Crippen LogP contribution in [0.2, 0.25) is 0 Å². The van der Waals surface area contributed by atoms with Gasteiger partial charge in [-0.15, -0.1) is 0 Å². The second kappa shape index (κ2) is 6.43. The Balaban J connectivity index is 2.19. The van der Waals surface area contributed by atoms with Crippen LogP contribution in [-0.2, 0) is 13.6 Å². The van der Waals surface area contributed by atoms with Gasteiger partial charge < -0.3 is 9.88 Å². The predicted octanol–water partition coefficient (Wildman–Crippen LogP) is 2.42. The molecule has 0 saturated carbocycles. The van der Waals surface area contributed by atoms with Gasteiger partial charge in [-0.2, -0.15) is 5.10 Å². The quantitative estimate of drug-likeness (QED) is 0.779. The third-order valence-corrected chi connectivity index (χ3v) is 3.71. The molecule has 3 heterocycles. The Labute approximate surface area is 140 Å². The zero-order chi connectivity index (χ0) is 17.3. The normalized spacial score (nSPS) is 11.4. The monoisotopic (exact) mass is 326 g/mol. The van der Waals surface area contributed by atoms with E-state index < -0.39 is 0 Å². The van der Waals surface area contributed by atoms with Crippen LogP contribution in [0.4, 0.5) is 5.82 Å². The van der Waals surface area contributed by atoms with Crippen molar-refractivity contribution in [1.82, 2.24) is 24.3 Å². The lowest BCUT2D eigenvalue weighted by molar-refractivity contribution is 0.603. The molecule has 0 amide bonds. The van der Waals surface area contributed by atoms with Crippen molar-refractivity contribution in [2.75, 3.05) is 5.32 Å². The van der Waals surface area contributed by atoms with Crippen molar-refractivity contribution in [3.05, 3.63) is 35.1 Å². The van der Waals surface area contributed by atoms with Gasteiger partial charge in [0.1, 0.15) is 11.2 Å². The molecule has 0 unspecified atom stereocenters. The number of hydrogen-bond acceptors (Lipinski definition) is 5. The van der Waals surface area contributed by atoms with Crippen LogP contribution in [-0.4, -0.2) is 30.4 Å². The van der Waals surface area contributed by atoms with E-state index in [-0.39, 0.29) is 11.6 Å². The Kier molecular flexibility index (Phi) is 4.33. The molecular weight excluding hydrogens is 304 g/mol. The molecule has 1 N–H and O–H groups in total. The second-order valence-electron chi connectivity index (χ2n) is 6.20. The second-order valence-corrected chi connectivity index (χ2v) is 6.20. The summed E-state index contributed by atoms with van der Waals surface area (Å²) in [6.07, 6.45) is 6.32. The molecular formula is C17H22N6O. The Morgan fingerprint density at radius 2 is 2.12 bits per heavy atom. The van der Waals surface area contributed by atoms with Crippen molar-refractivity contribution in [3.63, 3.8) is 0 Å². The first kappa shape index (κ1) is 16.2. The molecule has 0 aliphatic carbocycles. The van der Waals surface area contributed by atoms with E-state index in [0.717, 1.165) is 24.2 Å². The minimum absolute atomic E-state index is 0.108. The maximum Gasteiger partial charge on any atom is 0.264 e. The number of fused-ring (bicyclic) bond motifs is 1. The molecule has 0 radical (unpaired) electrons. The van der Waals surface area contributed by atoms with E-state index in [1.807, 2.05) is 30.8 Å². The summed E-state index contributed by atoms with van der Waals surface area (Å²) in [6.45, 7) is 7.00. The number of anilines is 1. The summed E-state index contributed by atoms with van der Waals surface area (Å²) in [6, 6.07) is 2.00. The van der Waals surface area contributed by atoms with Crippen LogP contribution in [0.3, 0.4) is 0 Å². The number of rotatable bonds is 5. The van der Waals surface area contributed by atoms with Gasteiger partial charge in [-0.3, -0.25) is 9.48 Å². The largest absolute Gasteiger partial charge is 0.367 e. The third-order valence-electron chi connectivity index (χ3n) is 3.71. The van der Waals surface area contributed by atoms with Crippen molar-refractivity contribution >= 4 is 16.7 Å². The Morgan fingerprint density at radius 1 is 1.33 bits per heavy atom. The molecule has 24 heavy (non-hydrogen) atoms. The Bertz CT molecular complexity index is 924. The Hall–Kier alpha value is -2.70. The highest BCUT2D eigenvalue weighted by atomic mass is 16.1. The molecule has 0 aliphatic rings. The average molecular weight is 326 g/mol. The third kappa shape index (κ3) is 3.02. The zero-order valence-electron chi connectivity index (χ0n) is 14.4. The summed E-state index contributed by atoms with van der Waals surface area (Å²) in [5, 5.41) is 8.13. The standard InChI is InChI=1S/C17H22N6O/c1-5-6-23-9-12(8-19-23)13-7-14-15(16(21-13)20-11(2)3)17(24)22(4)10-18-14/h7-11H,5-6H2,1-4H3,(H,20,21). The number of hydrogen-bond donors (Lipinski definition) is 1. The van der Waals surface area contributed by atoms with E-state index in [2.05, 4.69) is 27.3 Å². The molecule has 3 aromatic rings. The molecule has 0 bridgehead atoms. The summed E-state index contributed by atoms with van der Waals surface area (Å²) in [5.41, 5.74) is 2.20. The molecule has 0 aliphatic heterocycles. The minimum Gasteiger partial charge on any atom is -0.367 e. The van der Waals surface area contributed by atoms with Crippen LogP contribution < -0.4 is 10.9 Å². The summed E-state index contributed by atoms with van der Waals surface area (Å²) in [7, 11) is 1.69. The lowest BCUT2D eigenvalue weighted by Crippen LogP contribution is -2.21. The van der Waals surface area contributed by atoms with Crippen LogP contribution in [0.5, 0.6) is 0 Å². The van der Waals surface area contributed by atoms with Crippen molar-refractivity contribution < 1.29 is 0 Å². The van der Waals surface area contributed by atoms with Gasteiger partial charge in [0.05, 0.1) is 23.7 Å². The van der Waals surface area contributed by atoms with Gasteiger partial charge in [-0.1, -0.05) is 6.92 Å². The molecule has 0 atom stereocenters. The molecule has 3 aromatic heterocycles. The average Bonchev–Trinajstić information content (AvgIpc) is 2.99. The van der Waals surface area contributed by atoms with Gasteiger partial charge in [-0.25, -0.2) is 9.97 Å². The van der Waals surface area contributed by atoms with Crippen LogP contribution in [0.25, 0.3) is 22.2 Å². The first-order chi connectivity index (χ1) is 11.5. The van der Waals surface area contributed by atoms with E-state index >= 15 is 0 Å². The van der Waals surface area contributed by atoms with E-state index in [4.69, 9.17) is 0 Å². The summed E-state index contributed by atoms with van der Waals surface area (Å²) < 4.78 is 3.36. The van der Waals surface area contributed by atoms with Crippen LogP contribution in [0.15, 0.2) is 29.6 Å². The molecule has 7 heteroatoms. The first-order valence-electron chi connectivity index (χ1n) is 8.15. The minimum atomic E-state index is -0.108. The van der Waals surface area contributed by atoms with Gasteiger partial charge in [0, 0.05) is 31.4 Å². The first-order valence-corrected chi connectivity index (χ1v) is 8.15. The van der Waals surface area contributed by atoms with Crippen LogP contribution >= 0.6 is 0 Å². The predicted molar refractivity (Wildman–Crippen MR) is 95.0 cm³/mol. The van der Waals surface area contributed by atoms with E-state index in [1.54, 1.807) is 13.2 Å². The fraction of sp³-hybridized carbons (Fsp3) is 0.412.